The molecule has 0 fully saturated rings. The van der Waals surface area contributed by atoms with Crippen molar-refractivity contribution in [1.29, 1.82) is 0 Å². The maximum absolute atomic E-state index is 13.5. The molecule has 22 heavy (non-hydrogen) atoms. The fourth-order valence-corrected chi connectivity index (χ4v) is 2.02. The van der Waals surface area contributed by atoms with Crippen LogP contribution in [0.25, 0.3) is 11.1 Å². The van der Waals surface area contributed by atoms with Crippen molar-refractivity contribution in [2.45, 2.75) is 6.61 Å². The lowest BCUT2D eigenvalue weighted by molar-refractivity contribution is 0.288. The molecule has 3 aromatic rings. The molecule has 3 nitrogen and oxygen atoms in total. The summed E-state index contributed by atoms with van der Waals surface area (Å²) in [4.78, 5) is 7.55. The summed E-state index contributed by atoms with van der Waals surface area (Å²) >= 11 is 0. The van der Waals surface area contributed by atoms with Crippen LogP contribution in [0, 0.1) is 11.8 Å². The third-order valence-corrected chi connectivity index (χ3v) is 3.09. The molecular formula is C17H12F2N2O. The molecule has 0 N–H and O–H groups in total. The molecule has 0 saturated heterocycles. The molecule has 5 heteroatoms. The minimum Gasteiger partial charge on any atom is -0.472 e. The number of nitrogens with zero attached hydrogens (tertiary/aromatic N) is 2. The molecule has 1 aromatic carbocycles. The molecule has 3 rings (SSSR count). The van der Waals surface area contributed by atoms with E-state index in [4.69, 9.17) is 4.74 Å². The third kappa shape index (κ3) is 3.09. The highest BCUT2D eigenvalue weighted by molar-refractivity contribution is 5.67. The first-order valence-electron chi connectivity index (χ1n) is 6.67. The van der Waals surface area contributed by atoms with Gasteiger partial charge in [-0.15, -0.1) is 0 Å². The number of ether oxygens (including phenoxy) is 1. The SMILES string of the molecule is Fc1cc(-c2cccnc2)c(OCc2ccccc2)nc1F. The van der Waals surface area contributed by atoms with Gasteiger partial charge in [0.25, 0.3) is 5.95 Å². The van der Waals surface area contributed by atoms with Gasteiger partial charge < -0.3 is 4.74 Å². The predicted molar refractivity (Wildman–Crippen MR) is 78.2 cm³/mol. The predicted octanol–water partition coefficient (Wildman–Crippen LogP) is 4.00. The van der Waals surface area contributed by atoms with Crippen LogP contribution in [0.2, 0.25) is 0 Å². The Morgan fingerprint density at radius 1 is 1.00 bits per heavy atom. The molecule has 2 aromatic heterocycles. The lowest BCUT2D eigenvalue weighted by atomic mass is 10.1. The summed E-state index contributed by atoms with van der Waals surface area (Å²) in [6.45, 7) is 0.214. The maximum atomic E-state index is 13.5. The first kappa shape index (κ1) is 14.1. The Morgan fingerprint density at radius 3 is 2.55 bits per heavy atom. The Morgan fingerprint density at radius 2 is 1.82 bits per heavy atom. The molecule has 0 unspecified atom stereocenters. The van der Waals surface area contributed by atoms with Crippen LogP contribution < -0.4 is 4.74 Å². The van der Waals surface area contributed by atoms with Gasteiger partial charge in [-0.25, -0.2) is 4.39 Å². The second-order valence-corrected chi connectivity index (χ2v) is 4.63. The van der Waals surface area contributed by atoms with E-state index in [9.17, 15) is 8.78 Å². The Kier molecular flexibility index (Phi) is 4.05. The molecule has 0 aliphatic heterocycles. The van der Waals surface area contributed by atoms with E-state index in [0.29, 0.717) is 11.1 Å². The van der Waals surface area contributed by atoms with Crippen molar-refractivity contribution >= 4 is 0 Å². The van der Waals surface area contributed by atoms with E-state index in [0.717, 1.165) is 11.6 Å². The second kappa shape index (κ2) is 6.30. The molecule has 0 spiro atoms. The van der Waals surface area contributed by atoms with Gasteiger partial charge in [-0.1, -0.05) is 36.4 Å². The number of benzene rings is 1. The Labute approximate surface area is 126 Å². The zero-order valence-electron chi connectivity index (χ0n) is 11.5. The normalized spacial score (nSPS) is 10.5. The van der Waals surface area contributed by atoms with Gasteiger partial charge in [-0.2, -0.15) is 9.37 Å². The van der Waals surface area contributed by atoms with E-state index in [-0.39, 0.29) is 12.5 Å². The van der Waals surface area contributed by atoms with Crippen molar-refractivity contribution in [3.8, 4) is 17.0 Å². The van der Waals surface area contributed by atoms with E-state index >= 15 is 0 Å². The van der Waals surface area contributed by atoms with E-state index in [1.807, 2.05) is 30.3 Å². The Balaban J connectivity index is 1.94. The first-order chi connectivity index (χ1) is 10.7. The highest BCUT2D eigenvalue weighted by atomic mass is 19.2. The smallest absolute Gasteiger partial charge is 0.252 e. The molecule has 2 heterocycles. The molecule has 0 atom stereocenters. The van der Waals surface area contributed by atoms with Gasteiger partial charge in [0.15, 0.2) is 5.82 Å². The largest absolute Gasteiger partial charge is 0.472 e. The summed E-state index contributed by atoms with van der Waals surface area (Å²) in [6, 6.07) is 13.9. The van der Waals surface area contributed by atoms with Crippen LogP contribution in [-0.2, 0) is 6.61 Å². The fourth-order valence-electron chi connectivity index (χ4n) is 2.02. The van der Waals surface area contributed by atoms with Crippen molar-refractivity contribution in [3.05, 3.63) is 78.3 Å². The van der Waals surface area contributed by atoms with Crippen molar-refractivity contribution in [2.75, 3.05) is 0 Å². The van der Waals surface area contributed by atoms with Crippen LogP contribution in [0.4, 0.5) is 8.78 Å². The van der Waals surface area contributed by atoms with Crippen LogP contribution in [0.1, 0.15) is 5.56 Å². The van der Waals surface area contributed by atoms with E-state index in [2.05, 4.69) is 9.97 Å². The van der Waals surface area contributed by atoms with Crippen LogP contribution in [0.15, 0.2) is 60.9 Å². The van der Waals surface area contributed by atoms with Crippen LogP contribution in [0.5, 0.6) is 5.88 Å². The molecule has 0 aliphatic rings. The summed E-state index contributed by atoms with van der Waals surface area (Å²) in [5.41, 5.74) is 1.88. The van der Waals surface area contributed by atoms with Gasteiger partial charge in [0.2, 0.25) is 5.88 Å². The average Bonchev–Trinajstić information content (AvgIpc) is 2.57. The summed E-state index contributed by atoms with van der Waals surface area (Å²) < 4.78 is 32.5. The lowest BCUT2D eigenvalue weighted by Gasteiger charge is -2.11. The topological polar surface area (TPSA) is 35.0 Å². The quantitative estimate of drug-likeness (QED) is 0.683. The number of rotatable bonds is 4. The van der Waals surface area contributed by atoms with Gasteiger partial charge in [0, 0.05) is 23.5 Å². The minimum absolute atomic E-state index is 0.0377. The van der Waals surface area contributed by atoms with Crippen molar-refractivity contribution in [1.82, 2.24) is 9.97 Å². The van der Waals surface area contributed by atoms with Crippen LogP contribution in [-0.4, -0.2) is 9.97 Å². The molecule has 0 amide bonds. The lowest BCUT2D eigenvalue weighted by Crippen LogP contribution is -2.02. The van der Waals surface area contributed by atoms with Crippen LogP contribution in [0.3, 0.4) is 0 Å². The monoisotopic (exact) mass is 298 g/mol. The molecular weight excluding hydrogens is 286 g/mol. The second-order valence-electron chi connectivity index (χ2n) is 4.63. The van der Waals surface area contributed by atoms with E-state index in [1.165, 1.54) is 0 Å². The highest BCUT2D eigenvalue weighted by Crippen LogP contribution is 2.29. The fraction of sp³-hybridized carbons (Fsp3) is 0.0588. The zero-order chi connectivity index (χ0) is 15.4. The third-order valence-electron chi connectivity index (χ3n) is 3.09. The molecule has 0 radical (unpaired) electrons. The number of aromatic nitrogens is 2. The van der Waals surface area contributed by atoms with Gasteiger partial charge >= 0.3 is 0 Å². The zero-order valence-corrected chi connectivity index (χ0v) is 11.5. The highest BCUT2D eigenvalue weighted by Gasteiger charge is 2.15. The van der Waals surface area contributed by atoms with E-state index in [1.54, 1.807) is 24.5 Å². The molecule has 110 valence electrons. The van der Waals surface area contributed by atoms with Crippen molar-refractivity contribution < 1.29 is 13.5 Å². The van der Waals surface area contributed by atoms with Crippen molar-refractivity contribution in [2.24, 2.45) is 0 Å². The summed E-state index contributed by atoms with van der Waals surface area (Å²) in [5, 5.41) is 0. The summed E-state index contributed by atoms with van der Waals surface area (Å²) in [7, 11) is 0. The number of halogens is 2. The molecule has 0 aliphatic carbocycles. The van der Waals surface area contributed by atoms with Crippen LogP contribution >= 0.6 is 0 Å². The molecule has 0 saturated carbocycles. The van der Waals surface area contributed by atoms with Gasteiger partial charge in [-0.3, -0.25) is 4.98 Å². The number of pyridine rings is 2. The summed E-state index contributed by atoms with van der Waals surface area (Å²) in [6.07, 6.45) is 3.14. The van der Waals surface area contributed by atoms with Gasteiger partial charge in [0.1, 0.15) is 6.61 Å². The maximum Gasteiger partial charge on any atom is 0.252 e. The standard InChI is InChI=1S/C17H12F2N2O/c18-15-9-14(13-7-4-8-20-10-13)17(21-16(15)19)22-11-12-5-2-1-3-6-12/h1-10H,11H2. The molecule has 0 bridgehead atoms. The number of hydrogen-bond donors (Lipinski definition) is 0. The minimum atomic E-state index is -1.18. The number of hydrogen-bond acceptors (Lipinski definition) is 3. The Bertz CT molecular complexity index is 764. The average molecular weight is 298 g/mol. The van der Waals surface area contributed by atoms with E-state index < -0.39 is 11.8 Å². The van der Waals surface area contributed by atoms with Gasteiger partial charge in [0.05, 0.1) is 0 Å². The van der Waals surface area contributed by atoms with Gasteiger partial charge in [-0.05, 0) is 17.7 Å². The summed E-state index contributed by atoms with van der Waals surface area (Å²) in [5.74, 6) is -2.17. The Hall–Kier alpha value is -2.82. The van der Waals surface area contributed by atoms with Crippen molar-refractivity contribution in [3.63, 3.8) is 0 Å². The first-order valence-corrected chi connectivity index (χ1v) is 6.67.